The molecule has 3 aromatic rings. The van der Waals surface area contributed by atoms with E-state index in [1.165, 1.54) is 6.07 Å². The van der Waals surface area contributed by atoms with E-state index in [2.05, 4.69) is 21.8 Å². The van der Waals surface area contributed by atoms with Crippen molar-refractivity contribution < 1.29 is 9.50 Å². The van der Waals surface area contributed by atoms with E-state index in [-0.39, 0.29) is 22.5 Å². The highest BCUT2D eigenvalue weighted by Crippen LogP contribution is 2.35. The van der Waals surface area contributed by atoms with Gasteiger partial charge in [0.1, 0.15) is 22.8 Å². The highest BCUT2D eigenvalue weighted by Gasteiger charge is 2.20. The number of aromatic nitrogens is 2. The first-order valence-electron chi connectivity index (χ1n) is 8.71. The van der Waals surface area contributed by atoms with Gasteiger partial charge < -0.3 is 27.0 Å². The summed E-state index contributed by atoms with van der Waals surface area (Å²) in [6.45, 7) is 4.87. The molecule has 0 radical (unpaired) electrons. The fourth-order valence-corrected chi connectivity index (χ4v) is 2.92. The second-order valence-electron chi connectivity index (χ2n) is 7.17. The number of H-pyrrole nitrogens is 1. The fraction of sp³-hybridized carbons (Fsp3) is 0.190. The molecule has 0 aliphatic rings. The molecular formula is C21H20FN5O2. The maximum atomic E-state index is 13.9. The monoisotopic (exact) mass is 393 g/mol. The summed E-state index contributed by atoms with van der Waals surface area (Å²) in [5.41, 5.74) is 12.2. The van der Waals surface area contributed by atoms with Crippen molar-refractivity contribution in [3.63, 3.8) is 0 Å². The standard InChI is InChI=1S/C21H20FN5O2/c1-10-8-15-19(26-14(10)6-7-21(2,3)29)16(18(25)20(28)27-15)11-4-5-13(22)17(24)12(11)9-23/h4-5,8-9,23,29H,24-25H2,1-3H3,(H,27,28). The molecule has 0 saturated heterocycles. The molecule has 0 bridgehead atoms. The zero-order valence-electron chi connectivity index (χ0n) is 16.1. The average molecular weight is 393 g/mol. The molecule has 2 heterocycles. The van der Waals surface area contributed by atoms with Crippen LogP contribution in [0.3, 0.4) is 0 Å². The molecule has 0 aliphatic heterocycles. The Balaban J connectivity index is 2.45. The van der Waals surface area contributed by atoms with Gasteiger partial charge in [-0.3, -0.25) is 4.79 Å². The zero-order valence-corrected chi connectivity index (χ0v) is 16.1. The summed E-state index contributed by atoms with van der Waals surface area (Å²) < 4.78 is 13.9. The predicted molar refractivity (Wildman–Crippen MR) is 112 cm³/mol. The lowest BCUT2D eigenvalue weighted by Gasteiger charge is -2.14. The molecule has 0 fully saturated rings. The van der Waals surface area contributed by atoms with Crippen LogP contribution in [0.4, 0.5) is 15.8 Å². The molecule has 7 nitrogen and oxygen atoms in total. The first-order chi connectivity index (χ1) is 13.5. The number of rotatable bonds is 2. The molecule has 0 saturated carbocycles. The van der Waals surface area contributed by atoms with Crippen LogP contribution in [0.25, 0.3) is 22.2 Å². The highest BCUT2D eigenvalue weighted by atomic mass is 19.1. The number of anilines is 2. The number of nitrogens with two attached hydrogens (primary N) is 2. The molecule has 1 aromatic carbocycles. The molecule has 0 aliphatic carbocycles. The Kier molecular flexibility index (Phi) is 4.86. The van der Waals surface area contributed by atoms with Gasteiger partial charge in [-0.15, -0.1) is 0 Å². The predicted octanol–water partition coefficient (Wildman–Crippen LogP) is 2.32. The van der Waals surface area contributed by atoms with E-state index in [1.54, 1.807) is 26.8 Å². The number of aromatic amines is 1. The van der Waals surface area contributed by atoms with E-state index in [0.29, 0.717) is 27.9 Å². The van der Waals surface area contributed by atoms with Crippen molar-refractivity contribution in [3.05, 3.63) is 51.2 Å². The van der Waals surface area contributed by atoms with E-state index in [0.717, 1.165) is 12.3 Å². The molecule has 0 atom stereocenters. The van der Waals surface area contributed by atoms with Crippen molar-refractivity contribution in [1.29, 1.82) is 5.41 Å². The minimum absolute atomic E-state index is 0.0927. The van der Waals surface area contributed by atoms with Gasteiger partial charge in [-0.25, -0.2) is 9.37 Å². The van der Waals surface area contributed by atoms with Crippen LogP contribution in [0.15, 0.2) is 23.0 Å². The number of nitrogens with zero attached hydrogens (tertiary/aromatic N) is 1. The van der Waals surface area contributed by atoms with Crippen molar-refractivity contribution in [2.24, 2.45) is 0 Å². The van der Waals surface area contributed by atoms with Gasteiger partial charge in [0.2, 0.25) is 0 Å². The Morgan fingerprint density at radius 3 is 2.62 bits per heavy atom. The summed E-state index contributed by atoms with van der Waals surface area (Å²) in [6.07, 6.45) is 0.906. The second kappa shape index (κ2) is 7.04. The Labute approximate surface area is 166 Å². The minimum atomic E-state index is -1.21. The van der Waals surface area contributed by atoms with Crippen molar-refractivity contribution in [2.75, 3.05) is 11.5 Å². The third-order valence-electron chi connectivity index (χ3n) is 4.35. The number of nitrogens with one attached hydrogen (secondary N) is 2. The lowest BCUT2D eigenvalue weighted by molar-refractivity contribution is 0.143. The maximum Gasteiger partial charge on any atom is 0.272 e. The molecule has 7 N–H and O–H groups in total. The van der Waals surface area contributed by atoms with Gasteiger partial charge in [0, 0.05) is 17.3 Å². The van der Waals surface area contributed by atoms with E-state index in [4.69, 9.17) is 16.9 Å². The van der Waals surface area contributed by atoms with Gasteiger partial charge in [-0.05, 0) is 50.0 Å². The molecule has 29 heavy (non-hydrogen) atoms. The first-order valence-corrected chi connectivity index (χ1v) is 8.71. The van der Waals surface area contributed by atoms with Gasteiger partial charge >= 0.3 is 0 Å². The normalized spacial score (nSPS) is 11.2. The van der Waals surface area contributed by atoms with Crippen LogP contribution >= 0.6 is 0 Å². The van der Waals surface area contributed by atoms with Crippen LogP contribution in [0.5, 0.6) is 0 Å². The zero-order chi connectivity index (χ0) is 21.5. The van der Waals surface area contributed by atoms with Crippen molar-refractivity contribution >= 4 is 28.6 Å². The number of fused-ring (bicyclic) bond motifs is 1. The highest BCUT2D eigenvalue weighted by molar-refractivity contribution is 6.05. The van der Waals surface area contributed by atoms with Crippen LogP contribution in [0.2, 0.25) is 0 Å². The molecule has 148 valence electrons. The Bertz CT molecular complexity index is 1280. The molecule has 0 unspecified atom stereocenters. The summed E-state index contributed by atoms with van der Waals surface area (Å²) in [5, 5.41) is 17.5. The summed E-state index contributed by atoms with van der Waals surface area (Å²) in [7, 11) is 0. The first kappa shape index (κ1) is 20.0. The van der Waals surface area contributed by atoms with Crippen LogP contribution < -0.4 is 17.0 Å². The van der Waals surface area contributed by atoms with Crippen LogP contribution in [-0.2, 0) is 0 Å². The summed E-state index contributed by atoms with van der Waals surface area (Å²) in [6, 6.07) is 4.24. The number of benzene rings is 1. The Hall–Kier alpha value is -3.70. The lowest BCUT2D eigenvalue weighted by Crippen LogP contribution is -2.16. The van der Waals surface area contributed by atoms with Crippen LogP contribution in [0.1, 0.15) is 30.7 Å². The van der Waals surface area contributed by atoms with Gasteiger partial charge in [0.25, 0.3) is 5.56 Å². The minimum Gasteiger partial charge on any atom is -0.396 e. The molecule has 0 amide bonds. The van der Waals surface area contributed by atoms with Gasteiger partial charge in [0.05, 0.1) is 16.7 Å². The van der Waals surface area contributed by atoms with E-state index in [1.807, 2.05) is 0 Å². The fourth-order valence-electron chi connectivity index (χ4n) is 2.92. The van der Waals surface area contributed by atoms with Crippen molar-refractivity contribution in [2.45, 2.75) is 26.4 Å². The summed E-state index contributed by atoms with van der Waals surface area (Å²) in [5.74, 6) is 4.86. The molecular weight excluding hydrogens is 373 g/mol. The number of hydrogen-bond acceptors (Lipinski definition) is 6. The second-order valence-corrected chi connectivity index (χ2v) is 7.17. The van der Waals surface area contributed by atoms with Crippen LogP contribution in [-0.4, -0.2) is 26.9 Å². The summed E-state index contributed by atoms with van der Waals surface area (Å²) in [4.78, 5) is 19.6. The number of aryl methyl sites for hydroxylation is 1. The van der Waals surface area contributed by atoms with E-state index in [9.17, 15) is 14.3 Å². The SMILES string of the molecule is Cc1cc2[nH]c(=O)c(N)c(-c3ccc(F)c(N)c3C=N)c2nc1C#CC(C)(C)O. The molecule has 3 rings (SSSR count). The third kappa shape index (κ3) is 3.68. The third-order valence-corrected chi connectivity index (χ3v) is 4.35. The maximum absolute atomic E-state index is 13.9. The molecule has 8 heteroatoms. The van der Waals surface area contributed by atoms with Gasteiger partial charge in [-0.2, -0.15) is 0 Å². The molecule has 2 aromatic heterocycles. The van der Waals surface area contributed by atoms with Gasteiger partial charge in [-0.1, -0.05) is 12.0 Å². The van der Waals surface area contributed by atoms with E-state index < -0.39 is 17.0 Å². The lowest BCUT2D eigenvalue weighted by atomic mass is 9.96. The largest absolute Gasteiger partial charge is 0.396 e. The Morgan fingerprint density at radius 1 is 1.31 bits per heavy atom. The summed E-state index contributed by atoms with van der Waals surface area (Å²) >= 11 is 0. The number of pyridine rings is 2. The topological polar surface area (TPSA) is 142 Å². The number of halogens is 1. The quantitative estimate of drug-likeness (QED) is 0.258. The average Bonchev–Trinajstić information content (AvgIpc) is 2.63. The van der Waals surface area contributed by atoms with Gasteiger partial charge in [0.15, 0.2) is 0 Å². The number of aliphatic hydroxyl groups is 1. The van der Waals surface area contributed by atoms with E-state index >= 15 is 0 Å². The van der Waals surface area contributed by atoms with Crippen LogP contribution in [0, 0.1) is 30.0 Å². The Morgan fingerprint density at radius 2 is 2.00 bits per heavy atom. The smallest absolute Gasteiger partial charge is 0.272 e. The van der Waals surface area contributed by atoms with Crippen molar-refractivity contribution in [3.8, 4) is 23.0 Å². The molecule has 0 spiro atoms. The number of nitrogen functional groups attached to an aromatic ring is 2. The number of hydrogen-bond donors (Lipinski definition) is 5. The van der Waals surface area contributed by atoms with Crippen molar-refractivity contribution in [1.82, 2.24) is 9.97 Å².